The maximum atomic E-state index is 11.0. The first-order chi connectivity index (χ1) is 21.8. The van der Waals surface area contributed by atoms with E-state index in [2.05, 4.69) is 19.1 Å². The lowest BCUT2D eigenvalue weighted by Crippen LogP contribution is -2.51. The number of carbonyl (C=O) groups is 3. The Labute approximate surface area is 276 Å². The molecule has 264 valence electrons. The monoisotopic (exact) mass is 638 g/mol. The van der Waals surface area contributed by atoms with Gasteiger partial charge in [0.05, 0.1) is 26.2 Å². The van der Waals surface area contributed by atoms with E-state index in [0.717, 1.165) is 62.8 Å². The molecule has 0 bridgehead atoms. The standard InChI is InChI=1S/C38H71NO6/c1-2-3-4-5-6-7-8-9-10-11-12-13-14-15-16-17-18-19-20-21-25-32-39(33-26-22-29-36(40)41,34-27-23-30-37(42)43)35-28-24-31-38(44)45/h3-4H,2,5-35H2,1H3,(H2-,40,41,42,43,44,45)/b4-3+. The molecule has 0 aromatic rings. The fourth-order valence-electron chi connectivity index (χ4n) is 6.48. The number of nitrogens with zero attached hydrogens (tertiary/aromatic N) is 1. The minimum Gasteiger partial charge on any atom is -0.550 e. The van der Waals surface area contributed by atoms with Gasteiger partial charge in [-0.15, -0.1) is 0 Å². The summed E-state index contributed by atoms with van der Waals surface area (Å²) in [6.07, 6.45) is 34.4. The van der Waals surface area contributed by atoms with Crippen LogP contribution in [0.1, 0.15) is 187 Å². The van der Waals surface area contributed by atoms with Crippen LogP contribution in [0, 0.1) is 0 Å². The SMILES string of the molecule is CC/C=C/CCCCCCCCCCCCCCCCCCC[N+](CCCCC(=O)[O-])(CCCCC(=O)O)CCCCC(=O)O. The number of hydrogen-bond donors (Lipinski definition) is 2. The Bertz CT molecular complexity index is 683. The van der Waals surface area contributed by atoms with Crippen molar-refractivity contribution in [3.8, 4) is 0 Å². The van der Waals surface area contributed by atoms with Crippen LogP contribution in [0.4, 0.5) is 0 Å². The molecule has 0 aromatic heterocycles. The highest BCUT2D eigenvalue weighted by Gasteiger charge is 2.26. The number of carboxylic acids is 3. The van der Waals surface area contributed by atoms with Gasteiger partial charge in [0.2, 0.25) is 0 Å². The van der Waals surface area contributed by atoms with Crippen molar-refractivity contribution >= 4 is 17.9 Å². The smallest absolute Gasteiger partial charge is 0.303 e. The number of unbranched alkanes of at least 4 members (excludes halogenated alkanes) is 20. The average molecular weight is 638 g/mol. The normalized spacial score (nSPS) is 11.8. The van der Waals surface area contributed by atoms with E-state index < -0.39 is 17.9 Å². The van der Waals surface area contributed by atoms with Crippen molar-refractivity contribution < 1.29 is 34.2 Å². The predicted octanol–water partition coefficient (Wildman–Crippen LogP) is 9.22. The molecule has 7 heteroatoms. The van der Waals surface area contributed by atoms with Gasteiger partial charge in [0.25, 0.3) is 0 Å². The first kappa shape index (κ1) is 43.1. The van der Waals surface area contributed by atoms with Gasteiger partial charge in [-0.3, -0.25) is 9.59 Å². The summed E-state index contributed by atoms with van der Waals surface area (Å²) in [6, 6.07) is 0. The van der Waals surface area contributed by atoms with E-state index in [1.54, 1.807) is 0 Å². The van der Waals surface area contributed by atoms with E-state index in [9.17, 15) is 19.5 Å². The van der Waals surface area contributed by atoms with E-state index in [1.165, 1.54) is 109 Å². The van der Waals surface area contributed by atoms with Crippen molar-refractivity contribution in [1.82, 2.24) is 0 Å². The fourth-order valence-corrected chi connectivity index (χ4v) is 6.48. The highest BCUT2D eigenvalue weighted by Crippen LogP contribution is 2.20. The van der Waals surface area contributed by atoms with Gasteiger partial charge < -0.3 is 24.6 Å². The molecule has 0 heterocycles. The van der Waals surface area contributed by atoms with Crippen molar-refractivity contribution in [2.75, 3.05) is 26.2 Å². The lowest BCUT2D eigenvalue weighted by molar-refractivity contribution is -0.929. The van der Waals surface area contributed by atoms with E-state index >= 15 is 0 Å². The van der Waals surface area contributed by atoms with Gasteiger partial charge in [-0.05, 0) is 77.0 Å². The molecule has 0 saturated heterocycles. The zero-order chi connectivity index (χ0) is 33.3. The molecule has 0 aliphatic carbocycles. The molecule has 0 saturated carbocycles. The van der Waals surface area contributed by atoms with Gasteiger partial charge in [0, 0.05) is 18.8 Å². The molecule has 7 nitrogen and oxygen atoms in total. The van der Waals surface area contributed by atoms with Crippen LogP contribution in [0.15, 0.2) is 12.2 Å². The molecule has 0 atom stereocenters. The second-order valence-electron chi connectivity index (χ2n) is 13.4. The van der Waals surface area contributed by atoms with Crippen LogP contribution < -0.4 is 5.11 Å². The van der Waals surface area contributed by atoms with Crippen LogP contribution in [0.5, 0.6) is 0 Å². The molecule has 0 aliphatic heterocycles. The maximum Gasteiger partial charge on any atom is 0.303 e. The zero-order valence-corrected chi connectivity index (χ0v) is 29.3. The Balaban J connectivity index is 4.16. The maximum absolute atomic E-state index is 11.0. The second kappa shape index (κ2) is 32.1. The van der Waals surface area contributed by atoms with Gasteiger partial charge in [0.1, 0.15) is 0 Å². The minimum atomic E-state index is -1.01. The van der Waals surface area contributed by atoms with Crippen LogP contribution in [0.3, 0.4) is 0 Å². The molecule has 45 heavy (non-hydrogen) atoms. The third kappa shape index (κ3) is 31.9. The van der Waals surface area contributed by atoms with Crippen molar-refractivity contribution in [3.63, 3.8) is 0 Å². The Morgan fingerprint density at radius 3 is 1.11 bits per heavy atom. The van der Waals surface area contributed by atoms with Crippen molar-refractivity contribution in [2.24, 2.45) is 0 Å². The molecule has 0 amide bonds. The van der Waals surface area contributed by atoms with E-state index in [0.29, 0.717) is 19.3 Å². The van der Waals surface area contributed by atoms with Gasteiger partial charge in [-0.2, -0.15) is 0 Å². The van der Waals surface area contributed by atoms with Gasteiger partial charge >= 0.3 is 11.9 Å². The highest BCUT2D eigenvalue weighted by molar-refractivity contribution is 5.66. The molecule has 0 aromatic carbocycles. The van der Waals surface area contributed by atoms with E-state index in [4.69, 9.17) is 10.2 Å². The quantitative estimate of drug-likeness (QED) is 0.0402. The summed E-state index contributed by atoms with van der Waals surface area (Å²) in [7, 11) is 0. The Morgan fingerprint density at radius 1 is 0.467 bits per heavy atom. The fraction of sp³-hybridized carbons (Fsp3) is 0.868. The third-order valence-electron chi connectivity index (χ3n) is 9.22. The number of hydrogen-bond acceptors (Lipinski definition) is 4. The first-order valence-corrected chi connectivity index (χ1v) is 18.9. The average Bonchev–Trinajstić information content (AvgIpc) is 3.00. The van der Waals surface area contributed by atoms with Crippen LogP contribution >= 0.6 is 0 Å². The topological polar surface area (TPSA) is 115 Å². The van der Waals surface area contributed by atoms with Gasteiger partial charge in [-0.1, -0.05) is 109 Å². The molecular formula is C38H71NO6. The molecule has 0 radical (unpaired) electrons. The van der Waals surface area contributed by atoms with Crippen LogP contribution in [-0.2, 0) is 14.4 Å². The molecule has 0 spiro atoms. The van der Waals surface area contributed by atoms with Crippen LogP contribution in [-0.4, -0.2) is 58.8 Å². The number of quaternary nitrogens is 1. The van der Waals surface area contributed by atoms with Crippen molar-refractivity contribution in [3.05, 3.63) is 12.2 Å². The Hall–Kier alpha value is -1.89. The summed E-state index contributed by atoms with van der Waals surface area (Å²) in [6.45, 7) is 5.82. The molecular weight excluding hydrogens is 566 g/mol. The van der Waals surface area contributed by atoms with E-state index in [-0.39, 0.29) is 19.3 Å². The number of allylic oxidation sites excluding steroid dienone is 2. The van der Waals surface area contributed by atoms with Crippen molar-refractivity contribution in [1.29, 1.82) is 0 Å². The minimum absolute atomic E-state index is 0.0653. The summed E-state index contributed by atoms with van der Waals surface area (Å²) >= 11 is 0. The van der Waals surface area contributed by atoms with Crippen LogP contribution in [0.2, 0.25) is 0 Å². The Morgan fingerprint density at radius 2 is 0.778 bits per heavy atom. The summed E-state index contributed by atoms with van der Waals surface area (Å²) < 4.78 is 0.850. The lowest BCUT2D eigenvalue weighted by Gasteiger charge is -2.39. The van der Waals surface area contributed by atoms with Crippen LogP contribution in [0.25, 0.3) is 0 Å². The largest absolute Gasteiger partial charge is 0.550 e. The summed E-state index contributed by atoms with van der Waals surface area (Å²) in [5, 5.41) is 29.0. The Kier molecular flexibility index (Phi) is 30.7. The molecule has 0 aliphatic rings. The highest BCUT2D eigenvalue weighted by atomic mass is 16.4. The number of carbonyl (C=O) groups excluding carboxylic acids is 1. The summed E-state index contributed by atoms with van der Waals surface area (Å²) in [4.78, 5) is 33.0. The van der Waals surface area contributed by atoms with Crippen molar-refractivity contribution in [2.45, 2.75) is 187 Å². The number of rotatable bonds is 36. The zero-order valence-electron chi connectivity index (χ0n) is 29.3. The molecule has 0 unspecified atom stereocenters. The molecule has 0 rings (SSSR count). The summed E-state index contributed by atoms with van der Waals surface area (Å²) in [5.74, 6) is -2.56. The third-order valence-corrected chi connectivity index (χ3v) is 9.22. The number of aliphatic carboxylic acids is 3. The van der Waals surface area contributed by atoms with E-state index in [1.807, 2.05) is 0 Å². The molecule has 2 N–H and O–H groups in total. The second-order valence-corrected chi connectivity index (χ2v) is 13.4. The van der Waals surface area contributed by atoms with Gasteiger partial charge in [0.15, 0.2) is 0 Å². The summed E-state index contributed by atoms with van der Waals surface area (Å²) in [5.41, 5.74) is 0. The number of carboxylic acid groups (broad SMARTS) is 3. The predicted molar refractivity (Wildman–Crippen MR) is 184 cm³/mol. The van der Waals surface area contributed by atoms with Gasteiger partial charge in [-0.25, -0.2) is 0 Å². The lowest BCUT2D eigenvalue weighted by atomic mass is 10.0. The first-order valence-electron chi connectivity index (χ1n) is 18.9. The molecule has 0 fully saturated rings.